The summed E-state index contributed by atoms with van der Waals surface area (Å²) in [5, 5.41) is 21.7. The summed E-state index contributed by atoms with van der Waals surface area (Å²) in [7, 11) is 0. The van der Waals surface area contributed by atoms with Crippen molar-refractivity contribution < 1.29 is 17.9 Å². The molecule has 1 saturated heterocycles. The number of fused-ring (bicyclic) bond motifs is 1. The van der Waals surface area contributed by atoms with Crippen molar-refractivity contribution in [3.63, 3.8) is 0 Å². The number of aliphatic hydroxyl groups is 1. The molecule has 0 aliphatic carbocycles. The van der Waals surface area contributed by atoms with Gasteiger partial charge in [0.1, 0.15) is 17.7 Å². The Morgan fingerprint density at radius 2 is 1.75 bits per heavy atom. The standard InChI is InChI=1S/C25H30N4O3.2H2/c1-16-9-10-17-19(15-16)26-22(18-7-5-6-8-20(18)30)27-23(17)28-11-13-29(14-12-28)24(32)21(31)25(2,3)4;;/h5-10,15,21,30-31H,11-14H2,1-4H3;2*1H/t21-;;/m1../s1. The molecular formula is C25H34N4O3. The number of aryl methyl sites for hydroxylation is 1. The second-order valence-electron chi connectivity index (χ2n) is 9.49. The fourth-order valence-electron chi connectivity index (χ4n) is 3.93. The van der Waals surface area contributed by atoms with Crippen molar-refractivity contribution in [2.75, 3.05) is 31.1 Å². The van der Waals surface area contributed by atoms with Crippen LogP contribution in [0.2, 0.25) is 0 Å². The van der Waals surface area contributed by atoms with Gasteiger partial charge >= 0.3 is 0 Å². The van der Waals surface area contributed by atoms with Crippen LogP contribution in [0.5, 0.6) is 5.75 Å². The highest BCUT2D eigenvalue weighted by atomic mass is 16.3. The Morgan fingerprint density at radius 1 is 1.06 bits per heavy atom. The molecule has 7 heteroatoms. The van der Waals surface area contributed by atoms with Crippen LogP contribution >= 0.6 is 0 Å². The molecule has 1 atom stereocenters. The van der Waals surface area contributed by atoms with E-state index in [0.29, 0.717) is 37.6 Å². The van der Waals surface area contributed by atoms with Crippen LogP contribution in [0.3, 0.4) is 0 Å². The molecule has 4 rings (SSSR count). The van der Waals surface area contributed by atoms with Gasteiger partial charge in [0.25, 0.3) is 5.91 Å². The summed E-state index contributed by atoms with van der Waals surface area (Å²) in [5.41, 5.74) is 1.99. The van der Waals surface area contributed by atoms with E-state index in [0.717, 1.165) is 22.3 Å². The van der Waals surface area contributed by atoms with E-state index in [2.05, 4.69) is 4.90 Å². The zero-order chi connectivity index (χ0) is 23.0. The largest absolute Gasteiger partial charge is 0.507 e. The summed E-state index contributed by atoms with van der Waals surface area (Å²) in [5.74, 6) is 1.17. The quantitative estimate of drug-likeness (QED) is 0.645. The summed E-state index contributed by atoms with van der Waals surface area (Å²) in [6, 6.07) is 13.1. The molecule has 0 saturated carbocycles. The van der Waals surface area contributed by atoms with E-state index in [1.807, 2.05) is 52.0 Å². The van der Waals surface area contributed by atoms with Gasteiger partial charge in [-0.25, -0.2) is 9.97 Å². The Morgan fingerprint density at radius 3 is 2.41 bits per heavy atom. The van der Waals surface area contributed by atoms with Gasteiger partial charge in [-0.05, 0) is 42.2 Å². The van der Waals surface area contributed by atoms with Gasteiger partial charge in [-0.3, -0.25) is 4.79 Å². The molecule has 172 valence electrons. The number of carbonyl (C=O) groups excluding carboxylic acids is 1. The zero-order valence-electron chi connectivity index (χ0n) is 19.0. The van der Waals surface area contributed by atoms with Gasteiger partial charge in [0.2, 0.25) is 0 Å². The number of nitrogens with zero attached hydrogens (tertiary/aromatic N) is 4. The van der Waals surface area contributed by atoms with Gasteiger partial charge in [0, 0.05) is 34.4 Å². The lowest BCUT2D eigenvalue weighted by atomic mass is 9.88. The molecule has 32 heavy (non-hydrogen) atoms. The molecule has 1 fully saturated rings. The first-order valence-electron chi connectivity index (χ1n) is 10.9. The molecule has 0 unspecified atom stereocenters. The number of hydrogen-bond acceptors (Lipinski definition) is 6. The summed E-state index contributed by atoms with van der Waals surface area (Å²) in [6.07, 6.45) is -1.02. The van der Waals surface area contributed by atoms with Crippen molar-refractivity contribution >= 4 is 22.6 Å². The van der Waals surface area contributed by atoms with E-state index in [4.69, 9.17) is 9.97 Å². The number of carbonyl (C=O) groups is 1. The van der Waals surface area contributed by atoms with Crippen LogP contribution in [0.4, 0.5) is 5.82 Å². The van der Waals surface area contributed by atoms with Gasteiger partial charge in [-0.1, -0.05) is 39.0 Å². The van der Waals surface area contributed by atoms with Gasteiger partial charge < -0.3 is 20.0 Å². The second-order valence-corrected chi connectivity index (χ2v) is 9.49. The zero-order valence-corrected chi connectivity index (χ0v) is 19.0. The highest BCUT2D eigenvalue weighted by Gasteiger charge is 2.34. The molecule has 3 aromatic rings. The maximum atomic E-state index is 12.7. The van der Waals surface area contributed by atoms with Crippen LogP contribution in [-0.2, 0) is 4.79 Å². The van der Waals surface area contributed by atoms with Crippen LogP contribution in [-0.4, -0.2) is 63.3 Å². The Hall–Kier alpha value is -3.19. The first-order valence-corrected chi connectivity index (χ1v) is 10.9. The lowest BCUT2D eigenvalue weighted by Crippen LogP contribution is -2.53. The predicted octanol–water partition coefficient (Wildman–Crippen LogP) is 3.86. The number of aromatic nitrogens is 2. The number of para-hydroxylation sites is 1. The van der Waals surface area contributed by atoms with Crippen LogP contribution in [0, 0.1) is 12.3 Å². The van der Waals surface area contributed by atoms with Gasteiger partial charge in [-0.2, -0.15) is 0 Å². The van der Waals surface area contributed by atoms with Gasteiger partial charge in [-0.15, -0.1) is 0 Å². The van der Waals surface area contributed by atoms with E-state index in [1.165, 1.54) is 0 Å². The highest BCUT2D eigenvalue weighted by molar-refractivity contribution is 5.92. The molecule has 2 aromatic carbocycles. The van der Waals surface area contributed by atoms with Crippen LogP contribution < -0.4 is 4.90 Å². The molecule has 1 aliphatic rings. The average molecular weight is 439 g/mol. The lowest BCUT2D eigenvalue weighted by Gasteiger charge is -2.38. The molecule has 1 aliphatic heterocycles. The number of piperazine rings is 1. The Bertz CT molecular complexity index is 1160. The number of phenolic OH excluding ortho intramolecular Hbond substituents is 1. The number of amides is 1. The maximum absolute atomic E-state index is 12.7. The summed E-state index contributed by atoms with van der Waals surface area (Å²) < 4.78 is 0. The fourth-order valence-corrected chi connectivity index (χ4v) is 3.93. The topological polar surface area (TPSA) is 89.8 Å². The maximum Gasteiger partial charge on any atom is 0.252 e. The summed E-state index contributed by atoms with van der Waals surface area (Å²) >= 11 is 0. The fraction of sp³-hybridized carbons (Fsp3) is 0.400. The molecule has 2 N–H and O–H groups in total. The van der Waals surface area contributed by atoms with E-state index in [1.54, 1.807) is 23.1 Å². The molecule has 0 spiro atoms. The van der Waals surface area contributed by atoms with Crippen molar-refractivity contribution in [2.24, 2.45) is 5.41 Å². The number of phenols is 1. The van der Waals surface area contributed by atoms with Crippen molar-refractivity contribution in [3.05, 3.63) is 48.0 Å². The normalized spacial score (nSPS) is 15.8. The minimum absolute atomic E-state index is 0. The minimum atomic E-state index is -1.02. The first-order chi connectivity index (χ1) is 15.1. The van der Waals surface area contributed by atoms with Crippen LogP contribution in [0.25, 0.3) is 22.3 Å². The number of anilines is 1. The molecule has 0 radical (unpaired) electrons. The Kier molecular flexibility index (Phi) is 5.77. The monoisotopic (exact) mass is 438 g/mol. The Labute approximate surface area is 191 Å². The van der Waals surface area contributed by atoms with Crippen molar-refractivity contribution in [1.82, 2.24) is 14.9 Å². The third-order valence-corrected chi connectivity index (χ3v) is 5.92. The molecule has 2 heterocycles. The van der Waals surface area contributed by atoms with Crippen molar-refractivity contribution in [2.45, 2.75) is 33.8 Å². The van der Waals surface area contributed by atoms with E-state index in [9.17, 15) is 15.0 Å². The van der Waals surface area contributed by atoms with Crippen LogP contribution in [0.15, 0.2) is 42.5 Å². The Balaban J connectivity index is 0.00000204. The number of aromatic hydroxyl groups is 1. The molecule has 1 amide bonds. The average Bonchev–Trinajstić information content (AvgIpc) is 2.77. The summed E-state index contributed by atoms with van der Waals surface area (Å²) in [4.78, 5) is 26.1. The number of rotatable bonds is 3. The first kappa shape index (κ1) is 22.0. The van der Waals surface area contributed by atoms with Crippen molar-refractivity contribution in [1.29, 1.82) is 0 Å². The van der Waals surface area contributed by atoms with E-state index >= 15 is 0 Å². The molecule has 1 aromatic heterocycles. The smallest absolute Gasteiger partial charge is 0.252 e. The van der Waals surface area contributed by atoms with E-state index < -0.39 is 11.5 Å². The van der Waals surface area contributed by atoms with Crippen LogP contribution in [0.1, 0.15) is 29.2 Å². The third kappa shape index (κ3) is 4.25. The number of aliphatic hydroxyl groups excluding tert-OH is 1. The molecular weight excluding hydrogens is 404 g/mol. The molecule has 0 bridgehead atoms. The van der Waals surface area contributed by atoms with Gasteiger partial charge in [0.05, 0.1) is 11.1 Å². The minimum Gasteiger partial charge on any atom is -0.507 e. The third-order valence-electron chi connectivity index (χ3n) is 5.92. The summed E-state index contributed by atoms with van der Waals surface area (Å²) in [6.45, 7) is 9.83. The highest BCUT2D eigenvalue weighted by Crippen LogP contribution is 2.32. The SMILES string of the molecule is Cc1ccc2c(N3CCN(C(=O)[C@@H](O)C(C)(C)C)CC3)nc(-c3ccccc3O)nc2c1.[HH].[HH]. The number of hydrogen-bond donors (Lipinski definition) is 2. The van der Waals surface area contributed by atoms with E-state index in [-0.39, 0.29) is 14.5 Å². The van der Waals surface area contributed by atoms with Crippen molar-refractivity contribution in [3.8, 4) is 17.1 Å². The lowest BCUT2D eigenvalue weighted by molar-refractivity contribution is -0.146. The second kappa shape index (κ2) is 8.39. The number of benzene rings is 2. The predicted molar refractivity (Wildman–Crippen MR) is 130 cm³/mol. The van der Waals surface area contributed by atoms with Gasteiger partial charge in [0.15, 0.2) is 5.82 Å². The molecule has 7 nitrogen and oxygen atoms in total.